The number of hydrogen-bond acceptors (Lipinski definition) is 6. The van der Waals surface area contributed by atoms with E-state index in [0.29, 0.717) is 19.3 Å². The minimum atomic E-state index is -0.762. The van der Waals surface area contributed by atoms with Gasteiger partial charge >= 0.3 is 17.9 Å². The second-order valence-electron chi connectivity index (χ2n) is 21.8. The van der Waals surface area contributed by atoms with E-state index in [1.807, 2.05) is 0 Å². The zero-order valence-electron chi connectivity index (χ0n) is 46.6. The summed E-state index contributed by atoms with van der Waals surface area (Å²) in [4.78, 5) is 38.2. The van der Waals surface area contributed by atoms with Gasteiger partial charge < -0.3 is 14.2 Å². The molecule has 0 unspecified atom stereocenters. The third-order valence-corrected chi connectivity index (χ3v) is 14.3. The van der Waals surface area contributed by atoms with Crippen LogP contribution in [0.3, 0.4) is 0 Å². The molecule has 0 fully saturated rings. The average Bonchev–Trinajstić information content (AvgIpc) is 3.32. The van der Waals surface area contributed by atoms with Crippen molar-refractivity contribution in [2.24, 2.45) is 5.92 Å². The summed E-state index contributed by atoms with van der Waals surface area (Å²) in [5.74, 6) is 0.0131. The highest BCUT2D eigenvalue weighted by Crippen LogP contribution is 2.18. The van der Waals surface area contributed by atoms with Crippen LogP contribution in [0.2, 0.25) is 0 Å². The Hall–Kier alpha value is -1.59. The maximum atomic E-state index is 12.9. The van der Waals surface area contributed by atoms with Gasteiger partial charge in [-0.1, -0.05) is 317 Å². The molecular formula is C62H120O6. The average molecular weight is 962 g/mol. The Balaban J connectivity index is 4.27. The molecule has 0 bridgehead atoms. The molecule has 0 rings (SSSR count). The smallest absolute Gasteiger partial charge is 0.306 e. The molecule has 0 aromatic rings. The Kier molecular flexibility index (Phi) is 55.0. The van der Waals surface area contributed by atoms with Gasteiger partial charge in [-0.05, 0) is 25.2 Å². The first-order chi connectivity index (χ1) is 33.4. The largest absolute Gasteiger partial charge is 0.462 e. The van der Waals surface area contributed by atoms with Crippen LogP contribution in [0.4, 0.5) is 0 Å². The Bertz CT molecular complexity index is 1030. The molecule has 68 heavy (non-hydrogen) atoms. The van der Waals surface area contributed by atoms with Crippen molar-refractivity contribution in [3.8, 4) is 0 Å². The van der Waals surface area contributed by atoms with E-state index in [-0.39, 0.29) is 31.1 Å². The van der Waals surface area contributed by atoms with Crippen LogP contribution in [-0.2, 0) is 28.6 Å². The van der Waals surface area contributed by atoms with Gasteiger partial charge in [0, 0.05) is 19.3 Å². The van der Waals surface area contributed by atoms with Crippen molar-refractivity contribution in [3.05, 3.63) is 0 Å². The van der Waals surface area contributed by atoms with E-state index < -0.39 is 6.10 Å². The summed E-state index contributed by atoms with van der Waals surface area (Å²) < 4.78 is 16.9. The van der Waals surface area contributed by atoms with Gasteiger partial charge in [-0.25, -0.2) is 0 Å². The molecule has 0 aliphatic carbocycles. The lowest BCUT2D eigenvalue weighted by molar-refractivity contribution is -0.167. The topological polar surface area (TPSA) is 78.9 Å². The number of rotatable bonds is 57. The molecule has 6 heteroatoms. The van der Waals surface area contributed by atoms with E-state index in [4.69, 9.17) is 14.2 Å². The van der Waals surface area contributed by atoms with Crippen molar-refractivity contribution >= 4 is 17.9 Å². The summed E-state index contributed by atoms with van der Waals surface area (Å²) >= 11 is 0. The van der Waals surface area contributed by atoms with E-state index in [0.717, 1.165) is 63.7 Å². The first-order valence-electron chi connectivity index (χ1n) is 30.9. The summed E-state index contributed by atoms with van der Waals surface area (Å²) in [7, 11) is 0. The Labute approximate surface area is 425 Å². The molecule has 0 amide bonds. The SMILES string of the molecule is CCCCCCCCCCCCCCCCCCCCCC(=O)OC[C@@H](COC(=O)CCCCCCCCCCCCCCCC)OC(=O)CCCCCCCCCCCCCCCCC(C)C. The van der Waals surface area contributed by atoms with Crippen molar-refractivity contribution < 1.29 is 28.6 Å². The highest BCUT2D eigenvalue weighted by Gasteiger charge is 2.19. The molecule has 0 aromatic carbocycles. The van der Waals surface area contributed by atoms with Crippen LogP contribution in [0.25, 0.3) is 0 Å². The number of unbranched alkanes of at least 4 members (excludes halogenated alkanes) is 44. The van der Waals surface area contributed by atoms with Gasteiger partial charge in [-0.3, -0.25) is 14.4 Å². The van der Waals surface area contributed by atoms with Crippen molar-refractivity contribution in [3.63, 3.8) is 0 Å². The normalized spacial score (nSPS) is 12.0. The van der Waals surface area contributed by atoms with Crippen LogP contribution < -0.4 is 0 Å². The fourth-order valence-electron chi connectivity index (χ4n) is 9.63. The number of carbonyl (C=O) groups is 3. The van der Waals surface area contributed by atoms with Crippen molar-refractivity contribution in [1.29, 1.82) is 0 Å². The van der Waals surface area contributed by atoms with E-state index in [1.165, 1.54) is 250 Å². The minimum absolute atomic E-state index is 0.0614. The van der Waals surface area contributed by atoms with E-state index in [1.54, 1.807) is 0 Å². The maximum absolute atomic E-state index is 12.9. The van der Waals surface area contributed by atoms with Gasteiger partial charge in [0.1, 0.15) is 13.2 Å². The Morgan fingerprint density at radius 2 is 0.485 bits per heavy atom. The molecule has 0 spiro atoms. The molecule has 404 valence electrons. The Morgan fingerprint density at radius 1 is 0.279 bits per heavy atom. The Morgan fingerprint density at radius 3 is 0.721 bits per heavy atom. The van der Waals surface area contributed by atoms with E-state index in [9.17, 15) is 14.4 Å². The van der Waals surface area contributed by atoms with Crippen molar-refractivity contribution in [2.75, 3.05) is 13.2 Å². The molecule has 0 heterocycles. The molecule has 0 aliphatic rings. The number of carbonyl (C=O) groups excluding carboxylic acids is 3. The van der Waals surface area contributed by atoms with Crippen LogP contribution in [0, 0.1) is 5.92 Å². The zero-order chi connectivity index (χ0) is 49.5. The van der Waals surface area contributed by atoms with Crippen LogP contribution >= 0.6 is 0 Å². The van der Waals surface area contributed by atoms with Gasteiger partial charge in [0.05, 0.1) is 0 Å². The predicted octanol–water partition coefficient (Wildman–Crippen LogP) is 20.6. The van der Waals surface area contributed by atoms with Gasteiger partial charge in [0.25, 0.3) is 0 Å². The maximum Gasteiger partial charge on any atom is 0.306 e. The molecule has 0 aromatic heterocycles. The minimum Gasteiger partial charge on any atom is -0.462 e. The van der Waals surface area contributed by atoms with Gasteiger partial charge in [-0.15, -0.1) is 0 Å². The third-order valence-electron chi connectivity index (χ3n) is 14.3. The summed E-state index contributed by atoms with van der Waals surface area (Å²) in [6.07, 6.45) is 62.4. The number of hydrogen-bond donors (Lipinski definition) is 0. The van der Waals surface area contributed by atoms with Gasteiger partial charge in [-0.2, -0.15) is 0 Å². The summed E-state index contributed by atoms with van der Waals surface area (Å²) in [5, 5.41) is 0. The number of esters is 3. The monoisotopic (exact) mass is 961 g/mol. The first-order valence-corrected chi connectivity index (χ1v) is 30.9. The van der Waals surface area contributed by atoms with E-state index in [2.05, 4.69) is 27.7 Å². The summed E-state index contributed by atoms with van der Waals surface area (Å²) in [5.41, 5.74) is 0. The lowest BCUT2D eigenvalue weighted by Crippen LogP contribution is -2.30. The number of ether oxygens (including phenoxy) is 3. The van der Waals surface area contributed by atoms with Crippen molar-refractivity contribution in [1.82, 2.24) is 0 Å². The molecule has 0 saturated heterocycles. The summed E-state index contributed by atoms with van der Waals surface area (Å²) in [6.45, 7) is 9.08. The molecule has 0 aliphatic heterocycles. The fourth-order valence-corrected chi connectivity index (χ4v) is 9.63. The van der Waals surface area contributed by atoms with Crippen LogP contribution in [0.1, 0.15) is 355 Å². The van der Waals surface area contributed by atoms with Crippen LogP contribution in [0.15, 0.2) is 0 Å². The van der Waals surface area contributed by atoms with Crippen LogP contribution in [0.5, 0.6) is 0 Å². The zero-order valence-corrected chi connectivity index (χ0v) is 46.6. The quantitative estimate of drug-likeness (QED) is 0.0343. The molecule has 0 N–H and O–H groups in total. The highest BCUT2D eigenvalue weighted by molar-refractivity contribution is 5.71. The summed E-state index contributed by atoms with van der Waals surface area (Å²) in [6, 6.07) is 0. The van der Waals surface area contributed by atoms with E-state index >= 15 is 0 Å². The van der Waals surface area contributed by atoms with Gasteiger partial charge in [0.15, 0.2) is 6.10 Å². The molecule has 0 saturated carbocycles. The lowest BCUT2D eigenvalue weighted by Gasteiger charge is -2.18. The van der Waals surface area contributed by atoms with Gasteiger partial charge in [0.2, 0.25) is 0 Å². The predicted molar refractivity (Wildman–Crippen MR) is 293 cm³/mol. The third kappa shape index (κ3) is 55.3. The highest BCUT2D eigenvalue weighted by atomic mass is 16.6. The molecule has 6 nitrogen and oxygen atoms in total. The van der Waals surface area contributed by atoms with Crippen molar-refractivity contribution in [2.45, 2.75) is 361 Å². The molecule has 0 radical (unpaired) electrons. The first kappa shape index (κ1) is 66.4. The lowest BCUT2D eigenvalue weighted by atomic mass is 10.0. The molecular weight excluding hydrogens is 841 g/mol. The fraction of sp³-hybridized carbons (Fsp3) is 0.952. The molecule has 1 atom stereocenters. The second-order valence-corrected chi connectivity index (χ2v) is 21.8. The second kappa shape index (κ2) is 56.3. The standard InChI is InChI=1S/C62H120O6/c1-5-7-9-11-13-15-17-19-21-22-23-24-25-30-34-38-42-46-50-54-61(64)67-57-59(56-66-60(63)53-49-45-41-37-33-29-20-18-16-14-12-10-8-6-2)68-62(65)55-51-47-43-39-35-31-27-26-28-32-36-40-44-48-52-58(3)4/h58-59H,5-57H2,1-4H3/t59-/m1/s1. The van der Waals surface area contributed by atoms with Crippen LogP contribution in [-0.4, -0.2) is 37.2 Å².